The SMILES string of the molecule is O=C(Cc1ccc(Cl)cc1)NNC(=O)c1ccc(F)cc1. The second kappa shape index (κ2) is 6.85. The van der Waals surface area contributed by atoms with Crippen molar-refractivity contribution < 1.29 is 14.0 Å². The number of carbonyl (C=O) groups excluding carboxylic acids is 2. The highest BCUT2D eigenvalue weighted by molar-refractivity contribution is 6.30. The maximum atomic E-state index is 12.7. The second-order valence-corrected chi connectivity index (χ2v) is 4.75. The zero-order valence-corrected chi connectivity index (χ0v) is 11.7. The quantitative estimate of drug-likeness (QED) is 0.856. The van der Waals surface area contributed by atoms with Crippen LogP contribution in [0.25, 0.3) is 0 Å². The molecule has 0 saturated carbocycles. The lowest BCUT2D eigenvalue weighted by Gasteiger charge is -2.07. The molecule has 6 heteroatoms. The fourth-order valence-corrected chi connectivity index (χ4v) is 1.76. The number of nitrogens with one attached hydrogen (secondary N) is 2. The molecule has 108 valence electrons. The van der Waals surface area contributed by atoms with Crippen LogP contribution in [0, 0.1) is 5.82 Å². The van der Waals surface area contributed by atoms with Crippen LogP contribution >= 0.6 is 11.6 Å². The molecule has 2 aromatic rings. The normalized spacial score (nSPS) is 10.0. The molecule has 21 heavy (non-hydrogen) atoms. The second-order valence-electron chi connectivity index (χ2n) is 4.31. The van der Waals surface area contributed by atoms with Crippen LogP contribution in [0.5, 0.6) is 0 Å². The summed E-state index contributed by atoms with van der Waals surface area (Å²) < 4.78 is 12.7. The summed E-state index contributed by atoms with van der Waals surface area (Å²) in [5.41, 5.74) is 5.58. The predicted octanol–water partition coefficient (Wildman–Crippen LogP) is 2.48. The van der Waals surface area contributed by atoms with Gasteiger partial charge < -0.3 is 0 Å². The van der Waals surface area contributed by atoms with Gasteiger partial charge in [0.15, 0.2) is 0 Å². The molecule has 2 amide bonds. The zero-order valence-electron chi connectivity index (χ0n) is 10.9. The standard InChI is InChI=1S/C15H12ClFN2O2/c16-12-5-1-10(2-6-12)9-14(20)18-19-15(21)11-3-7-13(17)8-4-11/h1-8H,9H2,(H,18,20)(H,19,21). The maximum absolute atomic E-state index is 12.7. The number of rotatable bonds is 3. The van der Waals surface area contributed by atoms with Crippen molar-refractivity contribution in [1.82, 2.24) is 10.9 Å². The average Bonchev–Trinajstić information content (AvgIpc) is 2.48. The van der Waals surface area contributed by atoms with E-state index >= 15 is 0 Å². The van der Waals surface area contributed by atoms with Crippen LogP contribution in [0.3, 0.4) is 0 Å². The molecule has 0 atom stereocenters. The lowest BCUT2D eigenvalue weighted by atomic mass is 10.1. The molecule has 4 nitrogen and oxygen atoms in total. The van der Waals surface area contributed by atoms with Gasteiger partial charge in [-0.3, -0.25) is 20.4 Å². The molecule has 0 unspecified atom stereocenters. The number of carbonyl (C=O) groups is 2. The van der Waals surface area contributed by atoms with Crippen LogP contribution < -0.4 is 10.9 Å². The van der Waals surface area contributed by atoms with E-state index in [0.717, 1.165) is 5.56 Å². The third-order valence-corrected chi connectivity index (χ3v) is 2.95. The molecule has 0 radical (unpaired) electrons. The van der Waals surface area contributed by atoms with Crippen LogP contribution in [-0.4, -0.2) is 11.8 Å². The Bertz CT molecular complexity index is 642. The monoisotopic (exact) mass is 306 g/mol. The molecule has 0 heterocycles. The summed E-state index contributed by atoms with van der Waals surface area (Å²) in [7, 11) is 0. The van der Waals surface area contributed by atoms with Crippen molar-refractivity contribution in [3.05, 3.63) is 70.5 Å². The van der Waals surface area contributed by atoms with E-state index in [9.17, 15) is 14.0 Å². The zero-order chi connectivity index (χ0) is 15.2. The van der Waals surface area contributed by atoms with Gasteiger partial charge in [-0.05, 0) is 42.0 Å². The highest BCUT2D eigenvalue weighted by Crippen LogP contribution is 2.09. The lowest BCUT2D eigenvalue weighted by Crippen LogP contribution is -2.42. The van der Waals surface area contributed by atoms with E-state index in [1.165, 1.54) is 24.3 Å². The van der Waals surface area contributed by atoms with Crippen molar-refractivity contribution in [1.29, 1.82) is 0 Å². The van der Waals surface area contributed by atoms with Crippen LogP contribution in [0.15, 0.2) is 48.5 Å². The van der Waals surface area contributed by atoms with E-state index in [4.69, 9.17) is 11.6 Å². The Morgan fingerprint density at radius 1 is 0.952 bits per heavy atom. The molecular weight excluding hydrogens is 295 g/mol. The van der Waals surface area contributed by atoms with Crippen molar-refractivity contribution in [2.75, 3.05) is 0 Å². The summed E-state index contributed by atoms with van der Waals surface area (Å²) in [6, 6.07) is 11.8. The number of amides is 2. The Hall–Kier alpha value is -2.40. The smallest absolute Gasteiger partial charge is 0.269 e. The van der Waals surface area contributed by atoms with Crippen molar-refractivity contribution in [3.63, 3.8) is 0 Å². The van der Waals surface area contributed by atoms with Crippen LogP contribution in [0.4, 0.5) is 4.39 Å². The highest BCUT2D eigenvalue weighted by atomic mass is 35.5. The van der Waals surface area contributed by atoms with Crippen LogP contribution in [0.2, 0.25) is 5.02 Å². The summed E-state index contributed by atoms with van der Waals surface area (Å²) in [6.45, 7) is 0. The molecule has 2 aromatic carbocycles. The summed E-state index contributed by atoms with van der Waals surface area (Å²) in [6.07, 6.45) is 0.112. The summed E-state index contributed by atoms with van der Waals surface area (Å²) in [4.78, 5) is 23.4. The molecule has 0 aliphatic carbocycles. The minimum absolute atomic E-state index is 0.112. The Kier molecular flexibility index (Phi) is 4.90. The van der Waals surface area contributed by atoms with E-state index in [1.807, 2.05) is 0 Å². The molecule has 0 fully saturated rings. The first kappa shape index (κ1) is 15.0. The molecule has 0 saturated heterocycles. The Morgan fingerprint density at radius 3 is 2.19 bits per heavy atom. The van der Waals surface area contributed by atoms with Crippen molar-refractivity contribution >= 4 is 23.4 Å². The van der Waals surface area contributed by atoms with Gasteiger partial charge in [0, 0.05) is 10.6 Å². The minimum Gasteiger partial charge on any atom is -0.273 e. The average molecular weight is 307 g/mol. The number of halogens is 2. The first-order valence-electron chi connectivity index (χ1n) is 6.14. The predicted molar refractivity (Wildman–Crippen MR) is 77.2 cm³/mol. The van der Waals surface area contributed by atoms with Gasteiger partial charge >= 0.3 is 0 Å². The van der Waals surface area contributed by atoms with Crippen molar-refractivity contribution in [2.45, 2.75) is 6.42 Å². The minimum atomic E-state index is -0.514. The third kappa shape index (κ3) is 4.57. The van der Waals surface area contributed by atoms with Gasteiger partial charge in [-0.1, -0.05) is 23.7 Å². The van der Waals surface area contributed by atoms with Crippen molar-refractivity contribution in [2.24, 2.45) is 0 Å². The lowest BCUT2D eigenvalue weighted by molar-refractivity contribution is -0.121. The molecular formula is C15H12ClFN2O2. The van der Waals surface area contributed by atoms with E-state index in [2.05, 4.69) is 10.9 Å². The van der Waals surface area contributed by atoms with Gasteiger partial charge in [-0.25, -0.2) is 4.39 Å². The first-order valence-corrected chi connectivity index (χ1v) is 6.51. The summed E-state index contributed by atoms with van der Waals surface area (Å²) in [5.74, 6) is -1.31. The molecule has 2 N–H and O–H groups in total. The largest absolute Gasteiger partial charge is 0.273 e. The molecule has 0 bridgehead atoms. The van der Waals surface area contributed by atoms with Gasteiger partial charge in [0.05, 0.1) is 6.42 Å². The summed E-state index contributed by atoms with van der Waals surface area (Å²) >= 11 is 5.75. The molecule has 2 rings (SSSR count). The van der Waals surface area contributed by atoms with Gasteiger partial charge in [-0.15, -0.1) is 0 Å². The van der Waals surface area contributed by atoms with E-state index in [0.29, 0.717) is 5.02 Å². The Morgan fingerprint density at radius 2 is 1.57 bits per heavy atom. The summed E-state index contributed by atoms with van der Waals surface area (Å²) in [5, 5.41) is 0.587. The fourth-order valence-electron chi connectivity index (χ4n) is 1.63. The third-order valence-electron chi connectivity index (χ3n) is 2.70. The fraction of sp³-hybridized carbons (Fsp3) is 0.0667. The number of hydrogen-bond acceptors (Lipinski definition) is 2. The number of hydrazine groups is 1. The van der Waals surface area contributed by atoms with Gasteiger partial charge in [0.1, 0.15) is 5.82 Å². The maximum Gasteiger partial charge on any atom is 0.269 e. The molecule has 0 aliphatic heterocycles. The molecule has 0 aliphatic rings. The highest BCUT2D eigenvalue weighted by Gasteiger charge is 2.08. The topological polar surface area (TPSA) is 58.2 Å². The Balaban J connectivity index is 1.84. The van der Waals surface area contributed by atoms with E-state index in [-0.39, 0.29) is 17.9 Å². The Labute approximate surface area is 125 Å². The molecule has 0 spiro atoms. The van der Waals surface area contributed by atoms with Crippen LogP contribution in [-0.2, 0) is 11.2 Å². The van der Waals surface area contributed by atoms with E-state index < -0.39 is 11.7 Å². The van der Waals surface area contributed by atoms with Gasteiger partial charge in [0.2, 0.25) is 5.91 Å². The van der Waals surface area contributed by atoms with Gasteiger partial charge in [0.25, 0.3) is 5.91 Å². The number of hydrogen-bond donors (Lipinski definition) is 2. The number of benzene rings is 2. The molecule has 0 aromatic heterocycles. The van der Waals surface area contributed by atoms with Crippen molar-refractivity contribution in [3.8, 4) is 0 Å². The first-order chi connectivity index (χ1) is 10.0. The van der Waals surface area contributed by atoms with E-state index in [1.54, 1.807) is 24.3 Å². The van der Waals surface area contributed by atoms with Crippen LogP contribution in [0.1, 0.15) is 15.9 Å². The van der Waals surface area contributed by atoms with Gasteiger partial charge in [-0.2, -0.15) is 0 Å².